The van der Waals surface area contributed by atoms with Crippen molar-refractivity contribution in [1.82, 2.24) is 19.7 Å². The minimum absolute atomic E-state index is 0.202. The van der Waals surface area contributed by atoms with Gasteiger partial charge in [0.25, 0.3) is 0 Å². The number of para-hydroxylation sites is 2. The molecule has 0 spiro atoms. The summed E-state index contributed by atoms with van der Waals surface area (Å²) in [6.07, 6.45) is 1.55. The van der Waals surface area contributed by atoms with Crippen molar-refractivity contribution in [1.29, 1.82) is 5.26 Å². The molecule has 1 aromatic carbocycles. The Labute approximate surface area is 96.3 Å². The lowest BCUT2D eigenvalue weighted by molar-refractivity contribution is 0.833. The van der Waals surface area contributed by atoms with Crippen LogP contribution in [0.15, 0.2) is 30.5 Å². The zero-order chi connectivity index (χ0) is 11.8. The first-order valence-electron chi connectivity index (χ1n) is 4.98. The van der Waals surface area contributed by atoms with Crippen LogP contribution in [0.1, 0.15) is 5.56 Å². The van der Waals surface area contributed by atoms with E-state index in [1.807, 2.05) is 30.3 Å². The third-order valence-corrected chi connectivity index (χ3v) is 2.46. The number of nitriles is 1. The van der Waals surface area contributed by atoms with Crippen molar-refractivity contribution >= 4 is 16.9 Å². The number of nitrogens with zero attached hydrogens (tertiary/aromatic N) is 4. The lowest BCUT2D eigenvalue weighted by Crippen LogP contribution is -1.97. The summed E-state index contributed by atoms with van der Waals surface area (Å²) in [6, 6.07) is 9.61. The molecule has 2 aromatic heterocycles. The minimum atomic E-state index is 0.202. The zero-order valence-electron chi connectivity index (χ0n) is 8.75. The Morgan fingerprint density at radius 1 is 1.35 bits per heavy atom. The van der Waals surface area contributed by atoms with E-state index in [0.717, 1.165) is 11.0 Å². The molecule has 2 heterocycles. The maximum atomic E-state index is 8.80. The van der Waals surface area contributed by atoms with Gasteiger partial charge in [-0.15, -0.1) is 5.10 Å². The molecule has 0 aliphatic carbocycles. The fraction of sp³-hybridized carbons (Fsp3) is 0. The highest BCUT2D eigenvalue weighted by Gasteiger charge is 2.09. The van der Waals surface area contributed by atoms with Gasteiger partial charge in [-0.05, 0) is 12.1 Å². The van der Waals surface area contributed by atoms with Gasteiger partial charge >= 0.3 is 0 Å². The zero-order valence-corrected chi connectivity index (χ0v) is 8.75. The van der Waals surface area contributed by atoms with E-state index in [0.29, 0.717) is 11.5 Å². The highest BCUT2D eigenvalue weighted by molar-refractivity contribution is 5.75. The first-order chi connectivity index (χ1) is 8.28. The number of aromatic nitrogens is 4. The number of hydrogen-bond acceptors (Lipinski definition) is 4. The average molecular weight is 224 g/mol. The number of imidazole rings is 1. The van der Waals surface area contributed by atoms with Gasteiger partial charge in [0.2, 0.25) is 5.95 Å². The number of benzene rings is 1. The van der Waals surface area contributed by atoms with E-state index in [2.05, 4.69) is 15.1 Å². The van der Waals surface area contributed by atoms with Crippen molar-refractivity contribution in [3.63, 3.8) is 0 Å². The number of aromatic amines is 1. The van der Waals surface area contributed by atoms with Crippen LogP contribution in [-0.4, -0.2) is 19.7 Å². The van der Waals surface area contributed by atoms with Crippen molar-refractivity contribution in [2.45, 2.75) is 0 Å². The Morgan fingerprint density at radius 2 is 2.18 bits per heavy atom. The first-order valence-corrected chi connectivity index (χ1v) is 4.98. The summed E-state index contributed by atoms with van der Waals surface area (Å²) in [5.41, 5.74) is 7.68. The van der Waals surface area contributed by atoms with Gasteiger partial charge < -0.3 is 10.7 Å². The Bertz CT molecular complexity index is 697. The van der Waals surface area contributed by atoms with Crippen LogP contribution in [0.4, 0.5) is 5.82 Å². The molecule has 6 heteroatoms. The molecule has 0 amide bonds. The van der Waals surface area contributed by atoms with Gasteiger partial charge in [0, 0.05) is 0 Å². The van der Waals surface area contributed by atoms with E-state index in [1.165, 1.54) is 4.68 Å². The van der Waals surface area contributed by atoms with Crippen LogP contribution in [0.3, 0.4) is 0 Å². The van der Waals surface area contributed by atoms with Crippen molar-refractivity contribution in [2.24, 2.45) is 0 Å². The maximum absolute atomic E-state index is 8.80. The predicted molar refractivity (Wildman–Crippen MR) is 62.3 cm³/mol. The maximum Gasteiger partial charge on any atom is 0.229 e. The van der Waals surface area contributed by atoms with Crippen LogP contribution in [0, 0.1) is 11.3 Å². The van der Waals surface area contributed by atoms with Crippen LogP contribution < -0.4 is 5.73 Å². The van der Waals surface area contributed by atoms with Gasteiger partial charge in [0.15, 0.2) is 5.82 Å². The molecule has 0 radical (unpaired) electrons. The second-order valence-corrected chi connectivity index (χ2v) is 3.56. The molecule has 82 valence electrons. The normalized spacial score (nSPS) is 10.5. The summed E-state index contributed by atoms with van der Waals surface area (Å²) >= 11 is 0. The Morgan fingerprint density at radius 3 is 2.88 bits per heavy atom. The van der Waals surface area contributed by atoms with E-state index >= 15 is 0 Å². The summed E-state index contributed by atoms with van der Waals surface area (Å²) in [7, 11) is 0. The molecule has 3 aromatic rings. The molecular weight excluding hydrogens is 216 g/mol. The van der Waals surface area contributed by atoms with Crippen LogP contribution in [0.2, 0.25) is 0 Å². The fourth-order valence-electron chi connectivity index (χ4n) is 1.63. The number of nitrogens with two attached hydrogens (primary N) is 1. The minimum Gasteiger partial charge on any atom is -0.381 e. The fourth-order valence-corrected chi connectivity index (χ4v) is 1.63. The molecule has 0 unspecified atom stereocenters. The third-order valence-electron chi connectivity index (χ3n) is 2.46. The number of rotatable bonds is 1. The standard InChI is InChI=1S/C11H8N6/c12-5-7-6-17(16-10(7)13)11-14-8-3-1-2-4-9(8)15-11/h1-4,6H,(H2,13,16)(H,14,15). The Hall–Kier alpha value is -2.81. The van der Waals surface area contributed by atoms with Gasteiger partial charge in [0.1, 0.15) is 11.6 Å². The van der Waals surface area contributed by atoms with Gasteiger partial charge in [-0.1, -0.05) is 12.1 Å². The Kier molecular flexibility index (Phi) is 1.86. The number of H-pyrrole nitrogens is 1. The topological polar surface area (TPSA) is 96.3 Å². The second-order valence-electron chi connectivity index (χ2n) is 3.56. The molecular formula is C11H8N6. The van der Waals surface area contributed by atoms with E-state index in [4.69, 9.17) is 11.0 Å². The molecule has 0 bridgehead atoms. The molecule has 6 nitrogen and oxygen atoms in total. The van der Waals surface area contributed by atoms with Gasteiger partial charge in [-0.3, -0.25) is 0 Å². The molecule has 0 saturated carbocycles. The molecule has 0 saturated heterocycles. The quantitative estimate of drug-likeness (QED) is 0.649. The van der Waals surface area contributed by atoms with E-state index in [-0.39, 0.29) is 5.82 Å². The van der Waals surface area contributed by atoms with Crippen LogP contribution >= 0.6 is 0 Å². The lowest BCUT2D eigenvalue weighted by atomic mass is 10.3. The van der Waals surface area contributed by atoms with Crippen LogP contribution in [-0.2, 0) is 0 Å². The number of fused-ring (bicyclic) bond motifs is 1. The summed E-state index contributed by atoms with van der Waals surface area (Å²) in [5.74, 6) is 0.743. The number of hydrogen-bond donors (Lipinski definition) is 2. The molecule has 0 atom stereocenters. The van der Waals surface area contributed by atoms with Crippen molar-refractivity contribution in [3.05, 3.63) is 36.0 Å². The molecule has 3 N–H and O–H groups in total. The summed E-state index contributed by atoms with van der Waals surface area (Å²) < 4.78 is 1.47. The number of nitrogen functional groups attached to an aromatic ring is 1. The highest BCUT2D eigenvalue weighted by atomic mass is 15.4. The summed E-state index contributed by atoms with van der Waals surface area (Å²) in [5, 5.41) is 12.8. The lowest BCUT2D eigenvalue weighted by Gasteiger charge is -1.91. The van der Waals surface area contributed by atoms with Gasteiger partial charge in [0.05, 0.1) is 17.2 Å². The smallest absolute Gasteiger partial charge is 0.229 e. The number of anilines is 1. The summed E-state index contributed by atoms with van der Waals surface area (Å²) in [4.78, 5) is 7.45. The molecule has 0 aliphatic heterocycles. The second kappa shape index (κ2) is 3.35. The van der Waals surface area contributed by atoms with Gasteiger partial charge in [-0.2, -0.15) is 5.26 Å². The molecule has 3 rings (SSSR count). The van der Waals surface area contributed by atoms with E-state index in [1.54, 1.807) is 6.20 Å². The SMILES string of the molecule is N#Cc1cn(-c2nc3ccccc3[nH]2)nc1N. The number of nitrogens with one attached hydrogen (secondary N) is 1. The van der Waals surface area contributed by atoms with E-state index in [9.17, 15) is 0 Å². The van der Waals surface area contributed by atoms with Crippen LogP contribution in [0.25, 0.3) is 17.0 Å². The van der Waals surface area contributed by atoms with Crippen molar-refractivity contribution < 1.29 is 0 Å². The molecule has 17 heavy (non-hydrogen) atoms. The average Bonchev–Trinajstić information content (AvgIpc) is 2.91. The van der Waals surface area contributed by atoms with Crippen molar-refractivity contribution in [3.8, 4) is 12.0 Å². The monoisotopic (exact) mass is 224 g/mol. The summed E-state index contributed by atoms with van der Waals surface area (Å²) in [6.45, 7) is 0. The van der Waals surface area contributed by atoms with Crippen molar-refractivity contribution in [2.75, 3.05) is 5.73 Å². The highest BCUT2D eigenvalue weighted by Crippen LogP contribution is 2.15. The first kappa shape index (κ1) is 9.42. The molecule has 0 fully saturated rings. The van der Waals surface area contributed by atoms with Gasteiger partial charge in [-0.25, -0.2) is 9.67 Å². The largest absolute Gasteiger partial charge is 0.381 e. The van der Waals surface area contributed by atoms with E-state index < -0.39 is 0 Å². The molecule has 0 aliphatic rings. The predicted octanol–water partition coefficient (Wildman–Crippen LogP) is 1.20. The Balaban J connectivity index is 2.17. The third kappa shape index (κ3) is 1.41. The van der Waals surface area contributed by atoms with Crippen LogP contribution in [0.5, 0.6) is 0 Å².